The van der Waals surface area contributed by atoms with Gasteiger partial charge in [0.15, 0.2) is 0 Å². The average Bonchev–Trinajstić information content (AvgIpc) is 2.47. The molecular weight excluding hydrogens is 329 g/mol. The van der Waals surface area contributed by atoms with Gasteiger partial charge in [-0.3, -0.25) is 9.88 Å². The van der Waals surface area contributed by atoms with E-state index in [2.05, 4.69) is 54.1 Å². The van der Waals surface area contributed by atoms with Gasteiger partial charge in [0, 0.05) is 30.2 Å². The molecule has 1 fully saturated rings. The number of rotatable bonds is 3. The molecular formula is C18H27Cl2N3. The van der Waals surface area contributed by atoms with E-state index < -0.39 is 0 Å². The van der Waals surface area contributed by atoms with Crippen LogP contribution >= 0.6 is 24.8 Å². The Bertz CT molecular complexity index is 631. The van der Waals surface area contributed by atoms with E-state index >= 15 is 0 Å². The van der Waals surface area contributed by atoms with Crippen LogP contribution in [0.15, 0.2) is 30.3 Å². The van der Waals surface area contributed by atoms with Crippen molar-refractivity contribution in [2.75, 3.05) is 13.1 Å². The first-order valence-electron chi connectivity index (χ1n) is 7.96. The highest BCUT2D eigenvalue weighted by Crippen LogP contribution is 2.24. The van der Waals surface area contributed by atoms with E-state index in [-0.39, 0.29) is 24.8 Å². The van der Waals surface area contributed by atoms with E-state index in [0.717, 1.165) is 24.3 Å². The summed E-state index contributed by atoms with van der Waals surface area (Å²) in [5, 5.41) is 1.28. The van der Waals surface area contributed by atoms with Crippen LogP contribution in [0.3, 0.4) is 0 Å². The Labute approximate surface area is 151 Å². The van der Waals surface area contributed by atoms with Crippen LogP contribution < -0.4 is 5.73 Å². The number of benzene rings is 1. The number of piperidine rings is 1. The van der Waals surface area contributed by atoms with Crippen LogP contribution in [-0.4, -0.2) is 29.0 Å². The maximum atomic E-state index is 6.10. The summed E-state index contributed by atoms with van der Waals surface area (Å²) in [7, 11) is 0. The molecule has 1 saturated heterocycles. The van der Waals surface area contributed by atoms with Crippen molar-refractivity contribution in [3.8, 4) is 0 Å². The number of nitrogens with zero attached hydrogens (tertiary/aromatic N) is 2. The topological polar surface area (TPSA) is 42.1 Å². The number of hydrogen-bond donors (Lipinski definition) is 1. The predicted molar refractivity (Wildman–Crippen MR) is 103 cm³/mol. The summed E-state index contributed by atoms with van der Waals surface area (Å²) in [6, 6.07) is 11.0. The third-order valence-corrected chi connectivity index (χ3v) is 4.61. The molecule has 128 valence electrons. The summed E-state index contributed by atoms with van der Waals surface area (Å²) in [5.41, 5.74) is 9.70. The molecule has 23 heavy (non-hydrogen) atoms. The molecule has 3 nitrogen and oxygen atoms in total. The van der Waals surface area contributed by atoms with Crippen LogP contribution in [0.1, 0.15) is 31.0 Å². The third-order valence-electron chi connectivity index (χ3n) is 4.61. The SMILES string of the molecule is Cc1cc(CN2CCCC(C(C)N)C2)c2ccccc2n1.Cl.Cl. The summed E-state index contributed by atoms with van der Waals surface area (Å²) in [6.07, 6.45) is 2.53. The van der Waals surface area contributed by atoms with Crippen LogP contribution in [0.25, 0.3) is 10.9 Å². The van der Waals surface area contributed by atoms with Gasteiger partial charge in [0.25, 0.3) is 0 Å². The van der Waals surface area contributed by atoms with E-state index in [1.807, 2.05) is 0 Å². The molecule has 2 N–H and O–H groups in total. The zero-order valence-corrected chi connectivity index (χ0v) is 15.5. The Morgan fingerprint density at radius 3 is 2.78 bits per heavy atom. The highest BCUT2D eigenvalue weighted by atomic mass is 35.5. The van der Waals surface area contributed by atoms with Crippen molar-refractivity contribution in [2.45, 2.75) is 39.3 Å². The molecule has 0 amide bonds. The van der Waals surface area contributed by atoms with Gasteiger partial charge in [-0.1, -0.05) is 18.2 Å². The summed E-state index contributed by atoms with van der Waals surface area (Å²) in [5.74, 6) is 0.632. The molecule has 2 atom stereocenters. The lowest BCUT2D eigenvalue weighted by molar-refractivity contribution is 0.155. The molecule has 0 bridgehead atoms. The molecule has 2 unspecified atom stereocenters. The van der Waals surface area contributed by atoms with Crippen molar-refractivity contribution in [1.29, 1.82) is 0 Å². The second-order valence-electron chi connectivity index (χ2n) is 6.44. The van der Waals surface area contributed by atoms with E-state index in [1.165, 1.54) is 30.3 Å². The van der Waals surface area contributed by atoms with E-state index in [9.17, 15) is 0 Å². The van der Waals surface area contributed by atoms with Crippen molar-refractivity contribution < 1.29 is 0 Å². The monoisotopic (exact) mass is 355 g/mol. The largest absolute Gasteiger partial charge is 0.328 e. The van der Waals surface area contributed by atoms with Gasteiger partial charge in [-0.2, -0.15) is 0 Å². The zero-order valence-electron chi connectivity index (χ0n) is 13.9. The van der Waals surface area contributed by atoms with Crippen LogP contribution in [0.5, 0.6) is 0 Å². The standard InChI is InChI=1S/C18H25N3.2ClH/c1-13-10-16(17-7-3-4-8-18(17)20-13)12-21-9-5-6-15(11-21)14(2)19;;/h3-4,7-8,10,14-15H,5-6,9,11-12,19H2,1-2H3;2*1H. The molecule has 3 rings (SSSR count). The van der Waals surface area contributed by atoms with Crippen molar-refractivity contribution in [2.24, 2.45) is 11.7 Å². The van der Waals surface area contributed by atoms with E-state index in [0.29, 0.717) is 12.0 Å². The van der Waals surface area contributed by atoms with Gasteiger partial charge in [-0.05, 0) is 56.8 Å². The van der Waals surface area contributed by atoms with Gasteiger partial charge in [0.1, 0.15) is 0 Å². The fraction of sp³-hybridized carbons (Fsp3) is 0.500. The number of fused-ring (bicyclic) bond motifs is 1. The predicted octanol–water partition coefficient (Wildman–Crippen LogP) is 3.95. The quantitative estimate of drug-likeness (QED) is 0.906. The smallest absolute Gasteiger partial charge is 0.0708 e. The summed E-state index contributed by atoms with van der Waals surface area (Å²) in [4.78, 5) is 7.19. The first-order chi connectivity index (χ1) is 10.1. The van der Waals surface area contributed by atoms with Gasteiger partial charge < -0.3 is 5.73 Å². The van der Waals surface area contributed by atoms with Gasteiger partial charge in [-0.15, -0.1) is 24.8 Å². The summed E-state index contributed by atoms with van der Waals surface area (Å²) in [6.45, 7) is 7.52. The van der Waals surface area contributed by atoms with Crippen LogP contribution in [0.4, 0.5) is 0 Å². The van der Waals surface area contributed by atoms with E-state index in [1.54, 1.807) is 0 Å². The lowest BCUT2D eigenvalue weighted by Gasteiger charge is -2.34. The van der Waals surface area contributed by atoms with Crippen molar-refractivity contribution in [3.63, 3.8) is 0 Å². The zero-order chi connectivity index (χ0) is 14.8. The normalized spacial score (nSPS) is 19.7. The maximum absolute atomic E-state index is 6.10. The van der Waals surface area contributed by atoms with Gasteiger partial charge in [-0.25, -0.2) is 0 Å². The maximum Gasteiger partial charge on any atom is 0.0708 e. The number of para-hydroxylation sites is 1. The average molecular weight is 356 g/mol. The molecule has 0 spiro atoms. The highest BCUT2D eigenvalue weighted by Gasteiger charge is 2.23. The Morgan fingerprint density at radius 1 is 1.30 bits per heavy atom. The molecule has 1 aromatic carbocycles. The molecule has 0 radical (unpaired) electrons. The van der Waals surface area contributed by atoms with Crippen LogP contribution in [0.2, 0.25) is 0 Å². The number of pyridine rings is 1. The van der Waals surface area contributed by atoms with Gasteiger partial charge in [0.05, 0.1) is 5.52 Å². The van der Waals surface area contributed by atoms with Crippen molar-refractivity contribution in [3.05, 3.63) is 41.6 Å². The fourth-order valence-electron chi connectivity index (χ4n) is 3.43. The Hall–Kier alpha value is -0.870. The first-order valence-corrected chi connectivity index (χ1v) is 7.96. The van der Waals surface area contributed by atoms with E-state index in [4.69, 9.17) is 5.73 Å². The van der Waals surface area contributed by atoms with Crippen LogP contribution in [-0.2, 0) is 6.54 Å². The molecule has 1 aliphatic heterocycles. The van der Waals surface area contributed by atoms with Gasteiger partial charge in [0.2, 0.25) is 0 Å². The van der Waals surface area contributed by atoms with Gasteiger partial charge >= 0.3 is 0 Å². The number of aromatic nitrogens is 1. The third kappa shape index (κ3) is 4.80. The minimum absolute atomic E-state index is 0. The number of aryl methyl sites for hydroxylation is 1. The number of halogens is 2. The molecule has 2 aromatic rings. The number of likely N-dealkylation sites (tertiary alicyclic amines) is 1. The minimum atomic E-state index is 0. The molecule has 1 aliphatic rings. The molecule has 0 aliphatic carbocycles. The van der Waals surface area contributed by atoms with Crippen LogP contribution in [0, 0.1) is 12.8 Å². The second-order valence-corrected chi connectivity index (χ2v) is 6.44. The molecule has 0 saturated carbocycles. The van der Waals surface area contributed by atoms with Crippen molar-refractivity contribution in [1.82, 2.24) is 9.88 Å². The summed E-state index contributed by atoms with van der Waals surface area (Å²) < 4.78 is 0. The fourth-order valence-corrected chi connectivity index (χ4v) is 3.43. The number of hydrogen-bond acceptors (Lipinski definition) is 3. The first kappa shape index (κ1) is 20.2. The summed E-state index contributed by atoms with van der Waals surface area (Å²) >= 11 is 0. The highest BCUT2D eigenvalue weighted by molar-refractivity contribution is 5.85. The lowest BCUT2D eigenvalue weighted by Crippen LogP contribution is -2.41. The molecule has 1 aromatic heterocycles. The Kier molecular flexibility index (Phi) is 7.75. The second kappa shape index (κ2) is 8.84. The van der Waals surface area contributed by atoms with Crippen molar-refractivity contribution >= 4 is 35.7 Å². The lowest BCUT2D eigenvalue weighted by atomic mass is 9.92. The molecule has 2 heterocycles. The Morgan fingerprint density at radius 2 is 2.04 bits per heavy atom. The molecule has 5 heteroatoms. The number of nitrogens with two attached hydrogens (primary N) is 1. The minimum Gasteiger partial charge on any atom is -0.328 e. The Balaban J connectivity index is 0.00000132.